The number of rotatable bonds is 2. The standard InChI is InChI=1S/C11H17N5/c12-11-13-5-3-10(15-11)14-8-4-7-16-6-1-2-9(8)16/h3,5,8-9H,1-2,4,6-7H2,(H3,12,13,14,15). The highest BCUT2D eigenvalue weighted by Gasteiger charge is 2.37. The second-order valence-electron chi connectivity index (χ2n) is 4.59. The summed E-state index contributed by atoms with van der Waals surface area (Å²) >= 11 is 0. The molecular weight excluding hydrogens is 202 g/mol. The van der Waals surface area contributed by atoms with Crippen LogP contribution in [0.25, 0.3) is 0 Å². The van der Waals surface area contributed by atoms with E-state index in [-0.39, 0.29) is 0 Å². The Kier molecular flexibility index (Phi) is 2.40. The van der Waals surface area contributed by atoms with Gasteiger partial charge in [-0.05, 0) is 31.9 Å². The normalized spacial score (nSPS) is 29.2. The number of nitrogens with two attached hydrogens (primary N) is 1. The van der Waals surface area contributed by atoms with Gasteiger partial charge in [0, 0.05) is 24.8 Å². The molecule has 0 saturated carbocycles. The zero-order valence-electron chi connectivity index (χ0n) is 9.26. The highest BCUT2D eigenvalue weighted by molar-refractivity contribution is 5.39. The summed E-state index contributed by atoms with van der Waals surface area (Å²) in [6.07, 6.45) is 5.54. The lowest BCUT2D eigenvalue weighted by molar-refractivity contribution is 0.318. The van der Waals surface area contributed by atoms with Crippen molar-refractivity contribution >= 4 is 11.8 Å². The fraction of sp³-hybridized carbons (Fsp3) is 0.636. The van der Waals surface area contributed by atoms with E-state index in [9.17, 15) is 0 Å². The lowest BCUT2D eigenvalue weighted by Crippen LogP contribution is -2.34. The summed E-state index contributed by atoms with van der Waals surface area (Å²) in [5, 5.41) is 3.48. The number of hydrogen-bond donors (Lipinski definition) is 2. The van der Waals surface area contributed by atoms with Gasteiger partial charge in [-0.25, -0.2) is 4.98 Å². The zero-order valence-corrected chi connectivity index (χ0v) is 9.26. The molecule has 16 heavy (non-hydrogen) atoms. The van der Waals surface area contributed by atoms with E-state index in [2.05, 4.69) is 20.2 Å². The smallest absolute Gasteiger partial charge is 0.221 e. The zero-order chi connectivity index (χ0) is 11.0. The van der Waals surface area contributed by atoms with Crippen molar-refractivity contribution in [3.8, 4) is 0 Å². The van der Waals surface area contributed by atoms with Gasteiger partial charge in [0.05, 0.1) is 0 Å². The Hall–Kier alpha value is -1.36. The van der Waals surface area contributed by atoms with Crippen LogP contribution in [-0.2, 0) is 0 Å². The van der Waals surface area contributed by atoms with Crippen LogP contribution in [0.5, 0.6) is 0 Å². The van der Waals surface area contributed by atoms with E-state index >= 15 is 0 Å². The lowest BCUT2D eigenvalue weighted by Gasteiger charge is -2.21. The summed E-state index contributed by atoms with van der Waals surface area (Å²) in [7, 11) is 0. The average molecular weight is 219 g/mol. The van der Waals surface area contributed by atoms with Crippen molar-refractivity contribution in [2.24, 2.45) is 0 Å². The van der Waals surface area contributed by atoms with Crippen molar-refractivity contribution in [3.63, 3.8) is 0 Å². The van der Waals surface area contributed by atoms with E-state index in [0.29, 0.717) is 18.0 Å². The summed E-state index contributed by atoms with van der Waals surface area (Å²) in [4.78, 5) is 10.7. The van der Waals surface area contributed by atoms with Crippen LogP contribution in [-0.4, -0.2) is 40.0 Å². The molecule has 86 valence electrons. The molecule has 1 aromatic rings. The molecule has 0 radical (unpaired) electrons. The van der Waals surface area contributed by atoms with Crippen molar-refractivity contribution in [3.05, 3.63) is 12.3 Å². The Morgan fingerprint density at radius 2 is 2.31 bits per heavy atom. The Morgan fingerprint density at radius 3 is 3.19 bits per heavy atom. The lowest BCUT2D eigenvalue weighted by atomic mass is 10.1. The molecule has 3 N–H and O–H groups in total. The molecule has 5 nitrogen and oxygen atoms in total. The van der Waals surface area contributed by atoms with Crippen LogP contribution in [0.2, 0.25) is 0 Å². The summed E-state index contributed by atoms with van der Waals surface area (Å²) in [5.74, 6) is 1.19. The van der Waals surface area contributed by atoms with E-state index < -0.39 is 0 Å². The van der Waals surface area contributed by atoms with Crippen molar-refractivity contribution in [2.45, 2.75) is 31.3 Å². The van der Waals surface area contributed by atoms with Gasteiger partial charge >= 0.3 is 0 Å². The van der Waals surface area contributed by atoms with Crippen molar-refractivity contribution in [1.29, 1.82) is 0 Å². The van der Waals surface area contributed by atoms with Gasteiger partial charge in [0.1, 0.15) is 5.82 Å². The van der Waals surface area contributed by atoms with Crippen LogP contribution >= 0.6 is 0 Å². The average Bonchev–Trinajstić information content (AvgIpc) is 2.83. The maximum absolute atomic E-state index is 5.57. The van der Waals surface area contributed by atoms with Crippen LogP contribution in [0.1, 0.15) is 19.3 Å². The number of anilines is 2. The summed E-state index contributed by atoms with van der Waals surface area (Å²) in [6.45, 7) is 2.47. The first-order valence-corrected chi connectivity index (χ1v) is 5.92. The highest BCUT2D eigenvalue weighted by Crippen LogP contribution is 2.29. The van der Waals surface area contributed by atoms with E-state index in [1.807, 2.05) is 6.07 Å². The first-order valence-electron chi connectivity index (χ1n) is 5.92. The maximum Gasteiger partial charge on any atom is 0.221 e. The van der Waals surface area contributed by atoms with E-state index in [4.69, 9.17) is 5.73 Å². The molecule has 0 bridgehead atoms. The second-order valence-corrected chi connectivity index (χ2v) is 4.59. The molecule has 2 saturated heterocycles. The SMILES string of the molecule is Nc1nccc(NC2CCN3CCCC23)n1. The van der Waals surface area contributed by atoms with Crippen molar-refractivity contribution < 1.29 is 0 Å². The first kappa shape index (κ1) is 9.84. The maximum atomic E-state index is 5.57. The quantitative estimate of drug-likeness (QED) is 0.766. The molecule has 3 heterocycles. The minimum Gasteiger partial charge on any atom is -0.368 e. The molecule has 2 atom stereocenters. The second kappa shape index (κ2) is 3.90. The van der Waals surface area contributed by atoms with Crippen LogP contribution < -0.4 is 11.1 Å². The topological polar surface area (TPSA) is 67.1 Å². The molecule has 0 spiro atoms. The molecule has 0 amide bonds. The van der Waals surface area contributed by atoms with Crippen LogP contribution in [0, 0.1) is 0 Å². The Morgan fingerprint density at radius 1 is 1.38 bits per heavy atom. The number of fused-ring (bicyclic) bond motifs is 1. The summed E-state index contributed by atoms with van der Waals surface area (Å²) in [5.41, 5.74) is 5.57. The molecule has 2 unspecified atom stereocenters. The third-order valence-electron chi connectivity index (χ3n) is 3.61. The molecule has 0 aliphatic carbocycles. The number of aromatic nitrogens is 2. The Labute approximate surface area is 95.1 Å². The van der Waals surface area contributed by atoms with Gasteiger partial charge < -0.3 is 11.1 Å². The van der Waals surface area contributed by atoms with Gasteiger partial charge in [-0.1, -0.05) is 0 Å². The number of hydrogen-bond acceptors (Lipinski definition) is 5. The first-order chi connectivity index (χ1) is 7.83. The molecule has 5 heteroatoms. The fourth-order valence-electron chi connectivity index (χ4n) is 2.89. The van der Waals surface area contributed by atoms with Crippen molar-refractivity contribution in [1.82, 2.24) is 14.9 Å². The van der Waals surface area contributed by atoms with Crippen LogP contribution in [0.4, 0.5) is 11.8 Å². The van der Waals surface area contributed by atoms with E-state index in [0.717, 1.165) is 5.82 Å². The number of nitrogens with zero attached hydrogens (tertiary/aromatic N) is 3. The van der Waals surface area contributed by atoms with Crippen LogP contribution in [0.15, 0.2) is 12.3 Å². The molecule has 2 aliphatic rings. The van der Waals surface area contributed by atoms with Gasteiger partial charge in [-0.2, -0.15) is 4.98 Å². The van der Waals surface area contributed by atoms with E-state index in [1.165, 1.54) is 32.4 Å². The van der Waals surface area contributed by atoms with Gasteiger partial charge in [0.2, 0.25) is 5.95 Å². The molecule has 3 rings (SSSR count). The van der Waals surface area contributed by atoms with Gasteiger partial charge in [-0.3, -0.25) is 4.90 Å². The largest absolute Gasteiger partial charge is 0.368 e. The van der Waals surface area contributed by atoms with Crippen molar-refractivity contribution in [2.75, 3.05) is 24.1 Å². The molecule has 0 aromatic carbocycles. The summed E-state index contributed by atoms with van der Waals surface area (Å²) in [6, 6.07) is 3.10. The minimum absolute atomic E-state index is 0.339. The summed E-state index contributed by atoms with van der Waals surface area (Å²) < 4.78 is 0. The minimum atomic E-state index is 0.339. The predicted octanol–water partition coefficient (Wildman–Crippen LogP) is 0.707. The molecule has 2 aliphatic heterocycles. The molecular formula is C11H17N5. The van der Waals surface area contributed by atoms with E-state index in [1.54, 1.807) is 6.20 Å². The fourth-order valence-corrected chi connectivity index (χ4v) is 2.89. The molecule has 1 aromatic heterocycles. The Balaban J connectivity index is 1.71. The van der Waals surface area contributed by atoms with Gasteiger partial charge in [0.15, 0.2) is 0 Å². The molecule has 2 fully saturated rings. The number of nitrogens with one attached hydrogen (secondary N) is 1. The Bertz CT molecular complexity index is 380. The van der Waals surface area contributed by atoms with Gasteiger partial charge in [-0.15, -0.1) is 0 Å². The van der Waals surface area contributed by atoms with Crippen LogP contribution in [0.3, 0.4) is 0 Å². The highest BCUT2D eigenvalue weighted by atomic mass is 15.2. The number of nitrogen functional groups attached to an aromatic ring is 1. The third-order valence-corrected chi connectivity index (χ3v) is 3.61. The third kappa shape index (κ3) is 1.71. The monoisotopic (exact) mass is 219 g/mol. The van der Waals surface area contributed by atoms with Gasteiger partial charge in [0.25, 0.3) is 0 Å². The predicted molar refractivity (Wildman–Crippen MR) is 63.1 cm³/mol.